The molecule has 152 valence electrons. The van der Waals surface area contributed by atoms with Crippen LogP contribution >= 0.6 is 23.4 Å². The molecule has 0 amide bonds. The summed E-state index contributed by atoms with van der Waals surface area (Å²) >= 11 is 7.87. The molecule has 0 saturated heterocycles. The fourth-order valence-corrected chi connectivity index (χ4v) is 4.68. The first-order valence-electron chi connectivity index (χ1n) is 9.66. The van der Waals surface area contributed by atoms with Crippen LogP contribution in [0.3, 0.4) is 0 Å². The second kappa shape index (κ2) is 7.49. The van der Waals surface area contributed by atoms with E-state index in [0.717, 1.165) is 56.7 Å². The third-order valence-corrected chi connectivity index (χ3v) is 6.32. The Morgan fingerprint density at radius 2 is 1.90 bits per heavy atom. The lowest BCUT2D eigenvalue weighted by Gasteiger charge is -2.06. The Balaban J connectivity index is 1.49. The summed E-state index contributed by atoms with van der Waals surface area (Å²) in [5.41, 5.74) is 4.51. The van der Waals surface area contributed by atoms with E-state index in [-0.39, 0.29) is 0 Å². The Morgan fingerprint density at radius 1 is 1.07 bits per heavy atom. The lowest BCUT2D eigenvalue weighted by molar-refractivity contribution is 0.540. The maximum atomic E-state index is 6.29. The minimum atomic E-state index is 0.530. The number of benzene rings is 1. The van der Waals surface area contributed by atoms with Crippen LogP contribution in [0.2, 0.25) is 5.02 Å². The Kier molecular flexibility index (Phi) is 4.79. The van der Waals surface area contributed by atoms with Crippen molar-refractivity contribution in [3.8, 4) is 11.5 Å². The average Bonchev–Trinajstić information content (AvgIpc) is 3.38. The highest BCUT2D eigenvalue weighted by Gasteiger charge is 2.18. The van der Waals surface area contributed by atoms with Crippen molar-refractivity contribution in [3.63, 3.8) is 0 Å². The van der Waals surface area contributed by atoms with Gasteiger partial charge in [0.2, 0.25) is 5.89 Å². The zero-order valence-corrected chi connectivity index (χ0v) is 18.3. The predicted octanol–water partition coefficient (Wildman–Crippen LogP) is 6.26. The fraction of sp³-hybridized carbons (Fsp3) is 0.227. The van der Waals surface area contributed by atoms with E-state index in [1.807, 2.05) is 50.2 Å². The summed E-state index contributed by atoms with van der Waals surface area (Å²) in [7, 11) is 0. The molecule has 1 aromatic carbocycles. The van der Waals surface area contributed by atoms with Crippen molar-refractivity contribution < 1.29 is 8.83 Å². The number of hydrogen-bond acceptors (Lipinski definition) is 6. The summed E-state index contributed by atoms with van der Waals surface area (Å²) in [4.78, 5) is 4.67. The maximum absolute atomic E-state index is 6.29. The van der Waals surface area contributed by atoms with E-state index < -0.39 is 0 Å². The van der Waals surface area contributed by atoms with Crippen molar-refractivity contribution >= 4 is 40.0 Å². The number of rotatable bonds is 5. The molecule has 0 bridgehead atoms. The number of furan rings is 1. The summed E-state index contributed by atoms with van der Waals surface area (Å²) in [6.07, 6.45) is 0.784. The van der Waals surface area contributed by atoms with Gasteiger partial charge in [-0.15, -0.1) is 10.2 Å². The van der Waals surface area contributed by atoms with Crippen LogP contribution in [-0.2, 0) is 12.2 Å². The molecule has 4 heterocycles. The summed E-state index contributed by atoms with van der Waals surface area (Å²) in [6.45, 7) is 5.94. The van der Waals surface area contributed by atoms with Crippen LogP contribution in [0.1, 0.15) is 30.0 Å². The molecule has 0 saturated carbocycles. The van der Waals surface area contributed by atoms with E-state index in [2.05, 4.69) is 26.5 Å². The summed E-state index contributed by atoms with van der Waals surface area (Å²) in [5, 5.41) is 10.4. The molecule has 0 aliphatic heterocycles. The normalized spacial score (nSPS) is 11.7. The molecule has 5 rings (SSSR count). The SMILES string of the molecule is CCc1nnc(SCc2nc(-c3ccccc3Cl)oc2C)c2cc3oc(C)cc3n12. The molecule has 0 aliphatic carbocycles. The molecule has 0 N–H and O–H groups in total. The van der Waals surface area contributed by atoms with Crippen molar-refractivity contribution in [2.45, 2.75) is 38.0 Å². The van der Waals surface area contributed by atoms with Gasteiger partial charge >= 0.3 is 0 Å². The smallest absolute Gasteiger partial charge is 0.228 e. The van der Waals surface area contributed by atoms with E-state index in [1.165, 1.54) is 0 Å². The van der Waals surface area contributed by atoms with Gasteiger partial charge < -0.3 is 8.83 Å². The zero-order chi connectivity index (χ0) is 20.8. The van der Waals surface area contributed by atoms with Gasteiger partial charge in [0, 0.05) is 24.3 Å². The number of nitrogens with zero attached hydrogens (tertiary/aromatic N) is 4. The molecular formula is C22H19ClN4O2S. The first-order valence-corrected chi connectivity index (χ1v) is 11.0. The Morgan fingerprint density at radius 3 is 2.70 bits per heavy atom. The first-order chi connectivity index (χ1) is 14.5. The number of aryl methyl sites for hydroxylation is 3. The van der Waals surface area contributed by atoms with Crippen molar-refractivity contribution in [1.29, 1.82) is 0 Å². The highest BCUT2D eigenvalue weighted by atomic mass is 35.5. The van der Waals surface area contributed by atoms with Crippen molar-refractivity contribution in [2.24, 2.45) is 0 Å². The summed E-state index contributed by atoms with van der Waals surface area (Å²) in [5.74, 6) is 3.70. The van der Waals surface area contributed by atoms with Crippen molar-refractivity contribution in [1.82, 2.24) is 19.6 Å². The number of aromatic nitrogens is 4. The summed E-state index contributed by atoms with van der Waals surface area (Å²) in [6, 6.07) is 11.6. The molecule has 30 heavy (non-hydrogen) atoms. The fourth-order valence-electron chi connectivity index (χ4n) is 3.53. The molecule has 5 aromatic rings. The van der Waals surface area contributed by atoms with Gasteiger partial charge in [-0.2, -0.15) is 0 Å². The number of fused-ring (bicyclic) bond motifs is 3. The topological polar surface area (TPSA) is 69.4 Å². The predicted molar refractivity (Wildman–Crippen MR) is 118 cm³/mol. The molecule has 0 spiro atoms. The van der Waals surface area contributed by atoms with E-state index in [0.29, 0.717) is 16.7 Å². The van der Waals surface area contributed by atoms with E-state index in [9.17, 15) is 0 Å². The van der Waals surface area contributed by atoms with E-state index in [4.69, 9.17) is 20.4 Å². The van der Waals surface area contributed by atoms with Gasteiger partial charge in [0.1, 0.15) is 22.4 Å². The molecule has 0 atom stereocenters. The molecule has 8 heteroatoms. The van der Waals surface area contributed by atoms with Gasteiger partial charge in [-0.3, -0.25) is 4.40 Å². The second-order valence-corrected chi connectivity index (χ2v) is 8.41. The van der Waals surface area contributed by atoms with Gasteiger partial charge in [0.15, 0.2) is 5.58 Å². The number of halogens is 1. The quantitative estimate of drug-likeness (QED) is 0.302. The molecule has 0 fully saturated rings. The minimum absolute atomic E-state index is 0.530. The van der Waals surface area contributed by atoms with Gasteiger partial charge in [-0.05, 0) is 26.0 Å². The van der Waals surface area contributed by atoms with Crippen LogP contribution in [0.15, 0.2) is 50.3 Å². The van der Waals surface area contributed by atoms with Crippen LogP contribution in [0.4, 0.5) is 0 Å². The Labute approximate surface area is 182 Å². The highest BCUT2D eigenvalue weighted by molar-refractivity contribution is 7.98. The standard InChI is InChI=1S/C22H19ClN4O2S/c1-4-20-25-26-22(18-10-19-17(27(18)20)9-12(2)28-19)30-11-16-13(3)29-21(24-16)14-7-5-6-8-15(14)23/h5-10H,4,11H2,1-3H3. The molecule has 6 nitrogen and oxygen atoms in total. The number of oxazole rings is 1. The monoisotopic (exact) mass is 438 g/mol. The molecular weight excluding hydrogens is 420 g/mol. The second-order valence-electron chi connectivity index (χ2n) is 7.04. The third-order valence-electron chi connectivity index (χ3n) is 5.01. The Hall–Kier alpha value is -2.77. The number of thioether (sulfide) groups is 1. The molecule has 4 aromatic heterocycles. The van der Waals surface area contributed by atoms with Crippen molar-refractivity contribution in [3.05, 3.63) is 64.5 Å². The zero-order valence-electron chi connectivity index (χ0n) is 16.8. The third kappa shape index (κ3) is 3.18. The van der Waals surface area contributed by atoms with Crippen LogP contribution in [0.25, 0.3) is 28.1 Å². The summed E-state index contributed by atoms with van der Waals surface area (Å²) < 4.78 is 13.8. The van der Waals surface area contributed by atoms with Crippen LogP contribution < -0.4 is 0 Å². The lowest BCUT2D eigenvalue weighted by atomic mass is 10.2. The maximum Gasteiger partial charge on any atom is 0.228 e. The highest BCUT2D eigenvalue weighted by Crippen LogP contribution is 2.33. The largest absolute Gasteiger partial charge is 0.460 e. The molecule has 0 aliphatic rings. The van der Waals surface area contributed by atoms with Crippen LogP contribution in [0.5, 0.6) is 0 Å². The van der Waals surface area contributed by atoms with Crippen molar-refractivity contribution in [2.75, 3.05) is 0 Å². The van der Waals surface area contributed by atoms with Gasteiger partial charge in [0.05, 0.1) is 27.3 Å². The minimum Gasteiger partial charge on any atom is -0.460 e. The Bertz CT molecular complexity index is 1390. The van der Waals surface area contributed by atoms with Gasteiger partial charge in [-0.1, -0.05) is 42.4 Å². The molecule has 0 unspecified atom stereocenters. The average molecular weight is 439 g/mol. The number of hydrogen-bond donors (Lipinski definition) is 0. The van der Waals surface area contributed by atoms with Crippen LogP contribution in [0, 0.1) is 13.8 Å². The van der Waals surface area contributed by atoms with Gasteiger partial charge in [0.25, 0.3) is 0 Å². The van der Waals surface area contributed by atoms with E-state index >= 15 is 0 Å². The van der Waals surface area contributed by atoms with Crippen LogP contribution in [-0.4, -0.2) is 19.6 Å². The lowest BCUT2D eigenvalue weighted by Crippen LogP contribution is -2.03. The van der Waals surface area contributed by atoms with Gasteiger partial charge in [-0.25, -0.2) is 4.98 Å². The first kappa shape index (κ1) is 19.2. The molecule has 0 radical (unpaired) electrons. The van der Waals surface area contributed by atoms with E-state index in [1.54, 1.807) is 11.8 Å².